The molecule has 1 heterocycles. The topological polar surface area (TPSA) is 71.1 Å². The molecule has 1 aromatic heterocycles. The normalized spacial score (nSPS) is 11.0. The van der Waals surface area contributed by atoms with Gasteiger partial charge in [0.25, 0.3) is 11.8 Å². The molecule has 2 aromatic rings. The van der Waals surface area contributed by atoms with Crippen LogP contribution >= 0.6 is 0 Å². The number of amides is 2. The number of carbonyl (C=O) groups is 2. The Morgan fingerprint density at radius 3 is 2.17 bits per heavy atom. The van der Waals surface area contributed by atoms with Crippen molar-refractivity contribution in [1.82, 2.24) is 10.3 Å². The van der Waals surface area contributed by atoms with Gasteiger partial charge in [-0.3, -0.25) is 14.6 Å². The first-order chi connectivity index (χ1) is 11.1. The minimum absolute atomic E-state index is 0.220. The second-order valence-corrected chi connectivity index (χ2v) is 6.96. The van der Waals surface area contributed by atoms with Crippen LogP contribution in [0.4, 0.5) is 5.69 Å². The molecule has 2 N–H and O–H groups in total. The minimum Gasteiger partial charge on any atom is -0.346 e. The fourth-order valence-electron chi connectivity index (χ4n) is 2.35. The number of aryl methyl sites for hydroxylation is 2. The van der Waals surface area contributed by atoms with E-state index in [0.29, 0.717) is 5.56 Å². The van der Waals surface area contributed by atoms with Gasteiger partial charge >= 0.3 is 0 Å². The van der Waals surface area contributed by atoms with Crippen LogP contribution in [-0.4, -0.2) is 22.3 Å². The van der Waals surface area contributed by atoms with Crippen molar-refractivity contribution in [3.63, 3.8) is 0 Å². The van der Waals surface area contributed by atoms with E-state index in [9.17, 15) is 9.59 Å². The molecule has 0 saturated heterocycles. The van der Waals surface area contributed by atoms with Crippen molar-refractivity contribution in [1.29, 1.82) is 0 Å². The zero-order valence-corrected chi connectivity index (χ0v) is 14.7. The predicted molar refractivity (Wildman–Crippen MR) is 95.3 cm³/mol. The van der Waals surface area contributed by atoms with E-state index in [-0.39, 0.29) is 23.0 Å². The molecule has 2 amide bonds. The monoisotopic (exact) mass is 325 g/mol. The van der Waals surface area contributed by atoms with Crippen molar-refractivity contribution in [2.45, 2.75) is 40.2 Å². The molecule has 2 rings (SSSR count). The number of rotatable bonds is 3. The van der Waals surface area contributed by atoms with E-state index in [2.05, 4.69) is 15.6 Å². The Hall–Kier alpha value is -2.69. The van der Waals surface area contributed by atoms with E-state index in [4.69, 9.17) is 0 Å². The summed E-state index contributed by atoms with van der Waals surface area (Å²) < 4.78 is 0. The van der Waals surface area contributed by atoms with E-state index in [1.165, 1.54) is 12.3 Å². The molecule has 126 valence electrons. The maximum absolute atomic E-state index is 12.4. The lowest BCUT2D eigenvalue weighted by Crippen LogP contribution is -2.41. The van der Waals surface area contributed by atoms with Crippen LogP contribution in [0.1, 0.15) is 52.7 Å². The molecular formula is C19H23N3O2. The van der Waals surface area contributed by atoms with Gasteiger partial charge in [-0.1, -0.05) is 6.07 Å². The number of hydrogen-bond acceptors (Lipinski definition) is 3. The van der Waals surface area contributed by atoms with Gasteiger partial charge in [-0.25, -0.2) is 0 Å². The number of hydrogen-bond donors (Lipinski definition) is 2. The Morgan fingerprint density at radius 1 is 0.958 bits per heavy atom. The molecule has 0 atom stereocenters. The molecule has 0 aliphatic heterocycles. The quantitative estimate of drug-likeness (QED) is 0.907. The molecule has 0 spiro atoms. The number of pyridine rings is 1. The van der Waals surface area contributed by atoms with Gasteiger partial charge in [0, 0.05) is 23.0 Å². The maximum Gasteiger partial charge on any atom is 0.270 e. The Morgan fingerprint density at radius 2 is 1.58 bits per heavy atom. The number of aromatic nitrogens is 1. The number of nitrogens with zero attached hydrogens (tertiary/aromatic N) is 1. The van der Waals surface area contributed by atoms with Crippen molar-refractivity contribution in [2.24, 2.45) is 0 Å². The van der Waals surface area contributed by atoms with Crippen LogP contribution in [0, 0.1) is 13.8 Å². The lowest BCUT2D eigenvalue weighted by Gasteiger charge is -2.20. The van der Waals surface area contributed by atoms with Gasteiger partial charge in [-0.05, 0) is 70.0 Å². The van der Waals surface area contributed by atoms with Crippen molar-refractivity contribution < 1.29 is 9.59 Å². The standard InChI is InChI=1S/C19H23N3O2/c1-12-8-13(2)10-15(9-12)21-17(23)14-6-7-20-16(11-14)18(24)22-19(3,4)5/h6-11H,1-5H3,(H,21,23)(H,22,24). The summed E-state index contributed by atoms with van der Waals surface area (Å²) in [6.07, 6.45) is 1.47. The van der Waals surface area contributed by atoms with Crippen LogP contribution in [0.2, 0.25) is 0 Å². The highest BCUT2D eigenvalue weighted by Crippen LogP contribution is 2.15. The number of nitrogens with one attached hydrogen (secondary N) is 2. The Bertz CT molecular complexity index is 756. The molecule has 0 saturated carbocycles. The van der Waals surface area contributed by atoms with Gasteiger partial charge < -0.3 is 10.6 Å². The van der Waals surface area contributed by atoms with Crippen LogP contribution in [0.3, 0.4) is 0 Å². The highest BCUT2D eigenvalue weighted by atomic mass is 16.2. The first kappa shape index (κ1) is 17.7. The molecule has 0 radical (unpaired) electrons. The van der Waals surface area contributed by atoms with Gasteiger partial charge in [0.1, 0.15) is 5.69 Å². The molecule has 5 heteroatoms. The summed E-state index contributed by atoms with van der Waals surface area (Å²) in [5.41, 5.74) is 3.13. The SMILES string of the molecule is Cc1cc(C)cc(NC(=O)c2ccnc(C(=O)NC(C)(C)C)c2)c1. The molecule has 0 bridgehead atoms. The summed E-state index contributed by atoms with van der Waals surface area (Å²) in [4.78, 5) is 28.7. The van der Waals surface area contributed by atoms with E-state index >= 15 is 0 Å². The van der Waals surface area contributed by atoms with Gasteiger partial charge in [0.05, 0.1) is 0 Å². The number of carbonyl (C=O) groups excluding carboxylic acids is 2. The zero-order valence-electron chi connectivity index (χ0n) is 14.7. The summed E-state index contributed by atoms with van der Waals surface area (Å²) >= 11 is 0. The molecule has 5 nitrogen and oxygen atoms in total. The van der Waals surface area contributed by atoms with Crippen LogP contribution in [0.5, 0.6) is 0 Å². The second-order valence-electron chi connectivity index (χ2n) is 6.96. The molecule has 1 aromatic carbocycles. The first-order valence-corrected chi connectivity index (χ1v) is 7.82. The summed E-state index contributed by atoms with van der Waals surface area (Å²) in [5, 5.41) is 5.69. The van der Waals surface area contributed by atoms with Crippen LogP contribution < -0.4 is 10.6 Å². The van der Waals surface area contributed by atoms with Gasteiger partial charge in [-0.15, -0.1) is 0 Å². The van der Waals surface area contributed by atoms with E-state index in [1.807, 2.05) is 52.8 Å². The summed E-state index contributed by atoms with van der Waals surface area (Å²) in [6, 6.07) is 8.93. The summed E-state index contributed by atoms with van der Waals surface area (Å²) in [6.45, 7) is 9.62. The third kappa shape index (κ3) is 4.91. The number of anilines is 1. The fraction of sp³-hybridized carbons (Fsp3) is 0.316. The van der Waals surface area contributed by atoms with Gasteiger partial charge in [-0.2, -0.15) is 0 Å². The molecular weight excluding hydrogens is 302 g/mol. The fourth-order valence-corrected chi connectivity index (χ4v) is 2.35. The molecule has 0 fully saturated rings. The van der Waals surface area contributed by atoms with Crippen LogP contribution in [0.25, 0.3) is 0 Å². The summed E-state index contributed by atoms with van der Waals surface area (Å²) in [5.74, 6) is -0.573. The Labute approximate surface area is 142 Å². The molecule has 0 aliphatic rings. The molecule has 0 aliphatic carbocycles. The smallest absolute Gasteiger partial charge is 0.270 e. The Kier molecular flexibility index (Phi) is 5.02. The van der Waals surface area contributed by atoms with Crippen molar-refractivity contribution in [3.8, 4) is 0 Å². The average molecular weight is 325 g/mol. The molecule has 24 heavy (non-hydrogen) atoms. The lowest BCUT2D eigenvalue weighted by atomic mass is 10.1. The first-order valence-electron chi connectivity index (χ1n) is 7.82. The average Bonchev–Trinajstić information content (AvgIpc) is 2.44. The third-order valence-electron chi connectivity index (χ3n) is 3.22. The van der Waals surface area contributed by atoms with Gasteiger partial charge in [0.15, 0.2) is 0 Å². The maximum atomic E-state index is 12.4. The van der Waals surface area contributed by atoms with E-state index in [0.717, 1.165) is 16.8 Å². The zero-order chi connectivity index (χ0) is 17.9. The van der Waals surface area contributed by atoms with Crippen molar-refractivity contribution >= 4 is 17.5 Å². The Balaban J connectivity index is 2.18. The largest absolute Gasteiger partial charge is 0.346 e. The van der Waals surface area contributed by atoms with E-state index < -0.39 is 0 Å². The number of benzene rings is 1. The molecule has 0 unspecified atom stereocenters. The van der Waals surface area contributed by atoms with Crippen molar-refractivity contribution in [3.05, 3.63) is 58.9 Å². The van der Waals surface area contributed by atoms with E-state index in [1.54, 1.807) is 6.07 Å². The van der Waals surface area contributed by atoms with Gasteiger partial charge in [0.2, 0.25) is 0 Å². The van der Waals surface area contributed by atoms with Crippen LogP contribution in [-0.2, 0) is 0 Å². The minimum atomic E-state index is -0.365. The summed E-state index contributed by atoms with van der Waals surface area (Å²) in [7, 11) is 0. The van der Waals surface area contributed by atoms with Crippen LogP contribution in [0.15, 0.2) is 36.5 Å². The highest BCUT2D eigenvalue weighted by Gasteiger charge is 2.17. The second kappa shape index (κ2) is 6.83. The highest BCUT2D eigenvalue weighted by molar-refractivity contribution is 6.05. The third-order valence-corrected chi connectivity index (χ3v) is 3.22. The predicted octanol–water partition coefficient (Wildman–Crippen LogP) is 3.48. The lowest BCUT2D eigenvalue weighted by molar-refractivity contribution is 0.0914. The van der Waals surface area contributed by atoms with Crippen molar-refractivity contribution in [2.75, 3.05) is 5.32 Å².